The Morgan fingerprint density at radius 2 is 1.77 bits per heavy atom. The molecule has 2 unspecified atom stereocenters. The first-order valence-electron chi connectivity index (χ1n) is 15.2. The van der Waals surface area contributed by atoms with Gasteiger partial charge in [0.1, 0.15) is 5.65 Å². The van der Waals surface area contributed by atoms with Gasteiger partial charge in [0.15, 0.2) is 0 Å². The molecule has 0 aliphatic carbocycles. The van der Waals surface area contributed by atoms with Gasteiger partial charge in [0, 0.05) is 61.3 Å². The second-order valence-electron chi connectivity index (χ2n) is 12.1. The molecule has 0 spiro atoms. The summed E-state index contributed by atoms with van der Waals surface area (Å²) in [5, 5.41) is 7.65. The monoisotopic (exact) mass is 580 g/mol. The van der Waals surface area contributed by atoms with Crippen molar-refractivity contribution in [2.45, 2.75) is 64.6 Å². The van der Waals surface area contributed by atoms with Gasteiger partial charge in [-0.15, -0.1) is 0 Å². The quantitative estimate of drug-likeness (QED) is 0.301. The lowest BCUT2D eigenvalue weighted by Gasteiger charge is -2.35. The van der Waals surface area contributed by atoms with Crippen LogP contribution in [0.1, 0.15) is 64.1 Å². The van der Waals surface area contributed by atoms with Gasteiger partial charge < -0.3 is 20.4 Å². The second-order valence-corrected chi connectivity index (χ2v) is 12.1. The van der Waals surface area contributed by atoms with Crippen LogP contribution in [-0.2, 0) is 4.79 Å². The SMILES string of the molecule is CC(=O)N1CCCCC1c1ccc(-c2cc3cnc(Nc4ccc(NC5CCN(C)C5)cc4)nc3n(C(C)C)c2=O)nc1. The molecule has 10 heteroatoms. The summed E-state index contributed by atoms with van der Waals surface area (Å²) in [5.74, 6) is 0.510. The molecule has 43 heavy (non-hydrogen) atoms. The number of amides is 1. The molecule has 2 aliphatic heterocycles. The molecule has 6 rings (SSSR count). The number of carbonyl (C=O) groups excluding carboxylic acids is 1. The van der Waals surface area contributed by atoms with Crippen LogP contribution >= 0.6 is 0 Å². The Bertz CT molecular complexity index is 1670. The molecule has 2 N–H and O–H groups in total. The van der Waals surface area contributed by atoms with Crippen LogP contribution in [0.5, 0.6) is 0 Å². The van der Waals surface area contributed by atoms with E-state index in [0.717, 1.165) is 67.6 Å². The number of anilines is 3. The van der Waals surface area contributed by atoms with E-state index in [1.807, 2.05) is 49.1 Å². The third-order valence-electron chi connectivity index (χ3n) is 8.55. The maximum atomic E-state index is 13.8. The summed E-state index contributed by atoms with van der Waals surface area (Å²) in [4.78, 5) is 44.3. The van der Waals surface area contributed by atoms with Crippen molar-refractivity contribution in [3.05, 3.63) is 70.8 Å². The molecule has 1 aromatic carbocycles. The molecule has 3 aromatic heterocycles. The largest absolute Gasteiger partial charge is 0.381 e. The fourth-order valence-electron chi connectivity index (χ4n) is 6.33. The molecular weight excluding hydrogens is 540 g/mol. The average Bonchev–Trinajstić information content (AvgIpc) is 3.42. The van der Waals surface area contributed by atoms with Crippen molar-refractivity contribution in [2.24, 2.45) is 0 Å². The zero-order chi connectivity index (χ0) is 30.1. The summed E-state index contributed by atoms with van der Waals surface area (Å²) in [5.41, 5.74) is 4.47. The van der Waals surface area contributed by atoms with E-state index in [9.17, 15) is 9.59 Å². The van der Waals surface area contributed by atoms with Gasteiger partial charge in [-0.2, -0.15) is 4.98 Å². The van der Waals surface area contributed by atoms with Crippen molar-refractivity contribution < 1.29 is 4.79 Å². The van der Waals surface area contributed by atoms with Crippen LogP contribution in [-0.4, -0.2) is 67.9 Å². The van der Waals surface area contributed by atoms with E-state index < -0.39 is 0 Å². The van der Waals surface area contributed by atoms with Gasteiger partial charge in [0.25, 0.3) is 5.56 Å². The Kier molecular flexibility index (Phi) is 8.12. The Morgan fingerprint density at radius 3 is 2.44 bits per heavy atom. The molecule has 2 saturated heterocycles. The van der Waals surface area contributed by atoms with Gasteiger partial charge >= 0.3 is 0 Å². The number of fused-ring (bicyclic) bond motifs is 1. The lowest BCUT2D eigenvalue weighted by Crippen LogP contribution is -2.36. The number of benzene rings is 1. The Labute approximate surface area is 252 Å². The Balaban J connectivity index is 1.25. The number of hydrogen-bond donors (Lipinski definition) is 2. The molecule has 224 valence electrons. The molecule has 4 aromatic rings. The molecule has 10 nitrogen and oxygen atoms in total. The summed E-state index contributed by atoms with van der Waals surface area (Å²) in [6.45, 7) is 8.50. The number of likely N-dealkylation sites (N-methyl/N-ethyl adjacent to an activating group) is 1. The predicted octanol–water partition coefficient (Wildman–Crippen LogP) is 5.37. The Morgan fingerprint density at radius 1 is 0.977 bits per heavy atom. The van der Waals surface area contributed by atoms with E-state index in [1.165, 1.54) is 0 Å². The molecule has 2 fully saturated rings. The fraction of sp³-hybridized carbons (Fsp3) is 0.424. The number of carbonyl (C=O) groups is 1. The maximum absolute atomic E-state index is 13.8. The van der Waals surface area contributed by atoms with E-state index in [2.05, 4.69) is 39.7 Å². The van der Waals surface area contributed by atoms with Gasteiger partial charge in [-0.25, -0.2) is 4.98 Å². The van der Waals surface area contributed by atoms with Crippen LogP contribution in [0, 0.1) is 0 Å². The van der Waals surface area contributed by atoms with Gasteiger partial charge in [-0.3, -0.25) is 19.1 Å². The van der Waals surface area contributed by atoms with Crippen LogP contribution < -0.4 is 16.2 Å². The number of likely N-dealkylation sites (tertiary alicyclic amines) is 2. The third-order valence-corrected chi connectivity index (χ3v) is 8.55. The number of aromatic nitrogens is 4. The molecule has 0 radical (unpaired) electrons. The van der Waals surface area contributed by atoms with Gasteiger partial charge in [-0.1, -0.05) is 6.07 Å². The molecule has 2 aliphatic rings. The van der Waals surface area contributed by atoms with Gasteiger partial charge in [0.05, 0.1) is 17.3 Å². The van der Waals surface area contributed by atoms with Crippen molar-refractivity contribution in [1.29, 1.82) is 0 Å². The van der Waals surface area contributed by atoms with Gasteiger partial charge in [-0.05, 0) is 95.1 Å². The van der Waals surface area contributed by atoms with Gasteiger partial charge in [0.2, 0.25) is 11.9 Å². The van der Waals surface area contributed by atoms with Crippen molar-refractivity contribution in [1.82, 2.24) is 29.3 Å². The minimum atomic E-state index is -0.150. The summed E-state index contributed by atoms with van der Waals surface area (Å²) >= 11 is 0. The lowest BCUT2D eigenvalue weighted by molar-refractivity contribution is -0.132. The van der Waals surface area contributed by atoms with Crippen LogP contribution in [0.2, 0.25) is 0 Å². The highest BCUT2D eigenvalue weighted by Crippen LogP contribution is 2.31. The number of nitrogens with one attached hydrogen (secondary N) is 2. The molecule has 2 atom stereocenters. The normalized spacial score (nSPS) is 19.2. The minimum absolute atomic E-state index is 0.0258. The first kappa shape index (κ1) is 28.8. The van der Waals surface area contributed by atoms with Crippen molar-refractivity contribution in [3.8, 4) is 11.3 Å². The van der Waals surface area contributed by atoms with Crippen molar-refractivity contribution >= 4 is 34.3 Å². The molecule has 1 amide bonds. The van der Waals surface area contributed by atoms with E-state index in [-0.39, 0.29) is 23.6 Å². The highest BCUT2D eigenvalue weighted by Gasteiger charge is 2.26. The molecule has 5 heterocycles. The molecular formula is C33H40N8O2. The highest BCUT2D eigenvalue weighted by atomic mass is 16.2. The second kappa shape index (κ2) is 12.1. The average molecular weight is 581 g/mol. The van der Waals surface area contributed by atoms with Crippen molar-refractivity contribution in [3.63, 3.8) is 0 Å². The minimum Gasteiger partial charge on any atom is -0.381 e. The molecule has 0 saturated carbocycles. The number of piperidine rings is 1. The first-order valence-corrected chi connectivity index (χ1v) is 15.2. The number of nitrogens with zero attached hydrogens (tertiary/aromatic N) is 6. The Hall–Kier alpha value is -4.31. The summed E-state index contributed by atoms with van der Waals surface area (Å²) in [7, 11) is 2.15. The topological polar surface area (TPSA) is 108 Å². The summed E-state index contributed by atoms with van der Waals surface area (Å²) < 4.78 is 1.71. The predicted molar refractivity (Wildman–Crippen MR) is 171 cm³/mol. The standard InChI is InChI=1S/C33H40N8O2/c1-21(2)41-31-24(19-35-33(38-31)37-26-11-9-25(10-12-26)36-27-14-16-39(4)20-27)17-28(32(41)43)29-13-8-23(18-34-29)30-7-5-6-15-40(30)22(3)42/h8-13,17-19,21,27,30,36H,5-7,14-16,20H2,1-4H3,(H,35,37,38). The number of pyridine rings is 2. The zero-order valence-corrected chi connectivity index (χ0v) is 25.4. The third kappa shape index (κ3) is 6.10. The van der Waals surface area contributed by atoms with Crippen LogP contribution in [0.15, 0.2) is 59.7 Å². The van der Waals surface area contributed by atoms with E-state index in [1.54, 1.807) is 23.9 Å². The molecule has 0 bridgehead atoms. The number of rotatable bonds is 7. The first-order chi connectivity index (χ1) is 20.8. The number of hydrogen-bond acceptors (Lipinski definition) is 8. The smallest absolute Gasteiger partial charge is 0.261 e. The highest BCUT2D eigenvalue weighted by molar-refractivity contribution is 5.81. The van der Waals surface area contributed by atoms with E-state index in [0.29, 0.717) is 28.9 Å². The summed E-state index contributed by atoms with van der Waals surface area (Å²) in [6.07, 6.45) is 7.72. The van der Waals surface area contributed by atoms with Crippen LogP contribution in [0.4, 0.5) is 17.3 Å². The summed E-state index contributed by atoms with van der Waals surface area (Å²) in [6, 6.07) is 14.2. The van der Waals surface area contributed by atoms with Crippen LogP contribution in [0.25, 0.3) is 22.3 Å². The maximum Gasteiger partial charge on any atom is 0.261 e. The van der Waals surface area contributed by atoms with Crippen LogP contribution in [0.3, 0.4) is 0 Å². The fourth-order valence-corrected chi connectivity index (χ4v) is 6.33. The van der Waals surface area contributed by atoms with Crippen molar-refractivity contribution in [2.75, 3.05) is 37.3 Å². The lowest BCUT2D eigenvalue weighted by atomic mass is 9.96. The zero-order valence-electron chi connectivity index (χ0n) is 25.4. The van der Waals surface area contributed by atoms with E-state index >= 15 is 0 Å². The van der Waals surface area contributed by atoms with E-state index in [4.69, 9.17) is 9.97 Å².